The maximum absolute atomic E-state index is 6.68. The van der Waals surface area contributed by atoms with Crippen molar-refractivity contribution in [3.05, 3.63) is 35.7 Å². The summed E-state index contributed by atoms with van der Waals surface area (Å²) < 4.78 is 4.91. The second-order valence-electron chi connectivity index (χ2n) is 1.81. The van der Waals surface area contributed by atoms with E-state index in [1.807, 2.05) is 6.07 Å². The summed E-state index contributed by atoms with van der Waals surface area (Å²) in [7, 11) is 1.59. The smallest absolute Gasteiger partial charge is 0.190 e. The highest BCUT2D eigenvalue weighted by Gasteiger charge is 1.91. The Kier molecular flexibility index (Phi) is 1.91. The largest absolute Gasteiger partial charge is 0.498 e. The molecule has 0 radical (unpaired) electrons. The maximum atomic E-state index is 6.68. The molecule has 1 aromatic carbocycles. The van der Waals surface area contributed by atoms with Crippen molar-refractivity contribution in [2.75, 3.05) is 7.11 Å². The monoisotopic (exact) mass is 133 g/mol. The van der Waals surface area contributed by atoms with Crippen LogP contribution in [-0.2, 0) is 0 Å². The van der Waals surface area contributed by atoms with Gasteiger partial charge in [0.2, 0.25) is 0 Å². The predicted molar refractivity (Wildman–Crippen MR) is 39.3 cm³/mol. The molecule has 0 N–H and O–H groups in total. The minimum atomic E-state index is 0.611. The second-order valence-corrected chi connectivity index (χ2v) is 1.81. The third kappa shape index (κ3) is 1.26. The van der Waals surface area contributed by atoms with Crippen LogP contribution >= 0.6 is 0 Å². The van der Waals surface area contributed by atoms with E-state index >= 15 is 0 Å². The number of methoxy groups -OCH3 is 1. The Hall–Kier alpha value is -1.49. The zero-order valence-electron chi connectivity index (χ0n) is 5.66. The number of rotatable bonds is 1. The van der Waals surface area contributed by atoms with Crippen LogP contribution in [0.1, 0.15) is 0 Å². The fourth-order valence-electron chi connectivity index (χ4n) is 0.680. The van der Waals surface area contributed by atoms with Gasteiger partial charge < -0.3 is 4.74 Å². The van der Waals surface area contributed by atoms with Gasteiger partial charge in [-0.3, -0.25) is 0 Å². The van der Waals surface area contributed by atoms with Gasteiger partial charge in [0, 0.05) is 0 Å². The van der Waals surface area contributed by atoms with Gasteiger partial charge in [-0.05, 0) is 12.1 Å². The van der Waals surface area contributed by atoms with Crippen molar-refractivity contribution < 1.29 is 4.74 Å². The van der Waals surface area contributed by atoms with E-state index in [0.717, 1.165) is 5.75 Å². The molecular formula is C8H7NO. The van der Waals surface area contributed by atoms with E-state index < -0.39 is 0 Å². The lowest BCUT2D eigenvalue weighted by Crippen LogP contribution is -1.79. The molecule has 0 saturated carbocycles. The fraction of sp³-hybridized carbons (Fsp3) is 0.125. The molecule has 0 heterocycles. The molecule has 1 aromatic rings. The highest BCUT2D eigenvalue weighted by molar-refractivity contribution is 5.48. The molecule has 0 atom stereocenters. The number of benzene rings is 1. The quantitative estimate of drug-likeness (QED) is 0.535. The molecule has 0 spiro atoms. The van der Waals surface area contributed by atoms with E-state index in [4.69, 9.17) is 11.3 Å². The van der Waals surface area contributed by atoms with Gasteiger partial charge in [0.1, 0.15) is 5.75 Å². The molecule has 0 amide bonds. The van der Waals surface area contributed by atoms with Crippen molar-refractivity contribution in [1.29, 1.82) is 0 Å². The van der Waals surface area contributed by atoms with Gasteiger partial charge in [-0.1, -0.05) is 12.1 Å². The van der Waals surface area contributed by atoms with Gasteiger partial charge >= 0.3 is 0 Å². The minimum Gasteiger partial charge on any atom is -0.498 e. The molecule has 10 heavy (non-hydrogen) atoms. The van der Waals surface area contributed by atoms with Gasteiger partial charge in [0.05, 0.1) is 13.7 Å². The molecule has 0 saturated heterocycles. The highest BCUT2D eigenvalue weighted by atomic mass is 16.5. The Labute approximate surface area is 59.9 Å². The number of nitrogens with zero attached hydrogens (tertiary/aromatic N) is 1. The normalized spacial score (nSPS) is 8.40. The summed E-state index contributed by atoms with van der Waals surface area (Å²) in [4.78, 5) is 3.25. The summed E-state index contributed by atoms with van der Waals surface area (Å²) in [6.45, 7) is 6.68. The van der Waals surface area contributed by atoms with Crippen molar-refractivity contribution in [1.82, 2.24) is 0 Å². The molecule has 2 nitrogen and oxygen atoms in total. The third-order valence-corrected chi connectivity index (χ3v) is 1.18. The summed E-state index contributed by atoms with van der Waals surface area (Å²) in [5.41, 5.74) is 0.611. The van der Waals surface area contributed by atoms with Crippen LogP contribution < -0.4 is 4.74 Å². The predicted octanol–water partition coefficient (Wildman–Crippen LogP) is 2.25. The van der Waals surface area contributed by atoms with E-state index in [-0.39, 0.29) is 0 Å². The van der Waals surface area contributed by atoms with Gasteiger partial charge in [-0.25, -0.2) is 4.85 Å². The zero-order valence-corrected chi connectivity index (χ0v) is 5.66. The fourth-order valence-corrected chi connectivity index (χ4v) is 0.680. The zero-order chi connectivity index (χ0) is 7.40. The van der Waals surface area contributed by atoms with Crippen LogP contribution in [0.5, 0.6) is 5.75 Å². The Bertz CT molecular complexity index is 262. The van der Waals surface area contributed by atoms with Crippen molar-refractivity contribution in [3.63, 3.8) is 0 Å². The summed E-state index contributed by atoms with van der Waals surface area (Å²) in [6.07, 6.45) is 0. The first-order valence-corrected chi connectivity index (χ1v) is 2.88. The van der Waals surface area contributed by atoms with Crippen LogP contribution in [0.15, 0.2) is 24.3 Å². The average Bonchev–Trinajstić information content (AvgIpc) is 2.05. The van der Waals surface area contributed by atoms with Gasteiger partial charge in [-0.2, -0.15) is 0 Å². The van der Waals surface area contributed by atoms with Crippen LogP contribution in [0, 0.1) is 6.57 Å². The Morgan fingerprint density at radius 1 is 1.50 bits per heavy atom. The van der Waals surface area contributed by atoms with Gasteiger partial charge in [0.25, 0.3) is 0 Å². The highest BCUT2D eigenvalue weighted by Crippen LogP contribution is 2.18. The van der Waals surface area contributed by atoms with Crippen molar-refractivity contribution in [3.8, 4) is 5.75 Å². The standard InChI is InChI=1S/C8H7NO/c1-9-7-4-3-5-8(6-7)10-2/h3-6H,2H3. The summed E-state index contributed by atoms with van der Waals surface area (Å²) in [5.74, 6) is 0.730. The van der Waals surface area contributed by atoms with Crippen LogP contribution in [-0.4, -0.2) is 7.11 Å². The van der Waals surface area contributed by atoms with E-state index in [1.54, 1.807) is 25.3 Å². The number of hydrogen-bond donors (Lipinski definition) is 0. The van der Waals surface area contributed by atoms with Crippen molar-refractivity contribution >= 4 is 5.69 Å². The Morgan fingerprint density at radius 3 is 2.90 bits per heavy atom. The second kappa shape index (κ2) is 2.88. The molecule has 0 bridgehead atoms. The minimum absolute atomic E-state index is 0.611. The van der Waals surface area contributed by atoms with E-state index in [9.17, 15) is 0 Å². The van der Waals surface area contributed by atoms with Crippen LogP contribution in [0.4, 0.5) is 5.69 Å². The Balaban J connectivity index is 3.01. The van der Waals surface area contributed by atoms with Crippen LogP contribution in [0.2, 0.25) is 0 Å². The van der Waals surface area contributed by atoms with E-state index in [2.05, 4.69) is 4.85 Å². The lowest BCUT2D eigenvalue weighted by Gasteiger charge is -1.96. The van der Waals surface area contributed by atoms with Gasteiger partial charge in [-0.15, -0.1) is 0 Å². The SMILES string of the molecule is [C-]#[N+]c1cccc(OC)c1. The van der Waals surface area contributed by atoms with Gasteiger partial charge in [0.15, 0.2) is 5.69 Å². The molecule has 2 heteroatoms. The molecular weight excluding hydrogens is 126 g/mol. The first-order valence-electron chi connectivity index (χ1n) is 2.88. The molecule has 0 unspecified atom stereocenters. The number of ether oxygens (including phenoxy) is 1. The maximum Gasteiger partial charge on any atom is 0.190 e. The summed E-state index contributed by atoms with van der Waals surface area (Å²) >= 11 is 0. The lowest BCUT2D eigenvalue weighted by molar-refractivity contribution is 0.415. The summed E-state index contributed by atoms with van der Waals surface area (Å²) in [5, 5.41) is 0. The molecule has 0 aliphatic heterocycles. The third-order valence-electron chi connectivity index (χ3n) is 1.18. The Morgan fingerprint density at radius 2 is 2.30 bits per heavy atom. The summed E-state index contributed by atoms with van der Waals surface area (Å²) in [6, 6.07) is 7.06. The van der Waals surface area contributed by atoms with Crippen LogP contribution in [0.3, 0.4) is 0 Å². The average molecular weight is 133 g/mol. The molecule has 1 rings (SSSR count). The molecule has 50 valence electrons. The van der Waals surface area contributed by atoms with Crippen molar-refractivity contribution in [2.24, 2.45) is 0 Å². The van der Waals surface area contributed by atoms with Crippen LogP contribution in [0.25, 0.3) is 4.85 Å². The molecule has 0 aromatic heterocycles. The number of hydrogen-bond acceptors (Lipinski definition) is 1. The molecule has 0 aliphatic carbocycles. The van der Waals surface area contributed by atoms with Crippen molar-refractivity contribution in [2.45, 2.75) is 0 Å². The van der Waals surface area contributed by atoms with E-state index in [0.29, 0.717) is 5.69 Å². The van der Waals surface area contributed by atoms with E-state index in [1.165, 1.54) is 0 Å². The first kappa shape index (κ1) is 6.63. The molecule has 0 aliphatic rings. The lowest BCUT2D eigenvalue weighted by atomic mass is 10.3. The topological polar surface area (TPSA) is 13.6 Å². The molecule has 0 fully saturated rings. The first-order chi connectivity index (χ1) is 4.86.